The Kier molecular flexibility index (Phi) is 8.49. The minimum atomic E-state index is -0.581. The number of esters is 1. The second-order valence-corrected chi connectivity index (χ2v) is 7.28. The number of carbonyl (C=O) groups excluding carboxylic acids is 3. The standard InChI is InChI=1S/C21H22Cl2N2O4/c1-13-5-3-4-6-16(13)21(28)24-10-9-20(27)29-12-19(26)25-14(2)17-8-7-15(22)11-18(17)23/h3-8,11,14H,9-10,12H2,1-2H3,(H,24,28)(H,25,26). The highest BCUT2D eigenvalue weighted by Gasteiger charge is 2.15. The molecule has 6 nitrogen and oxygen atoms in total. The molecule has 2 amide bonds. The van der Waals surface area contributed by atoms with Gasteiger partial charge in [-0.05, 0) is 43.2 Å². The van der Waals surface area contributed by atoms with Crippen molar-refractivity contribution in [1.82, 2.24) is 10.6 Å². The van der Waals surface area contributed by atoms with Crippen molar-refractivity contribution in [3.63, 3.8) is 0 Å². The molecule has 1 atom stereocenters. The maximum absolute atomic E-state index is 12.1. The zero-order valence-electron chi connectivity index (χ0n) is 16.1. The molecule has 0 saturated heterocycles. The first kappa shape index (κ1) is 22.7. The molecule has 0 aliphatic carbocycles. The van der Waals surface area contributed by atoms with Crippen LogP contribution >= 0.6 is 23.2 Å². The van der Waals surface area contributed by atoms with Gasteiger partial charge in [-0.15, -0.1) is 0 Å². The fraction of sp³-hybridized carbons (Fsp3) is 0.286. The zero-order valence-corrected chi connectivity index (χ0v) is 17.6. The van der Waals surface area contributed by atoms with Gasteiger partial charge < -0.3 is 15.4 Å². The summed E-state index contributed by atoms with van der Waals surface area (Å²) in [7, 11) is 0. The second-order valence-electron chi connectivity index (χ2n) is 6.44. The van der Waals surface area contributed by atoms with Gasteiger partial charge in [-0.3, -0.25) is 14.4 Å². The van der Waals surface area contributed by atoms with Gasteiger partial charge in [0.1, 0.15) is 0 Å². The van der Waals surface area contributed by atoms with Gasteiger partial charge in [-0.25, -0.2) is 0 Å². The Morgan fingerprint density at radius 1 is 1.10 bits per heavy atom. The van der Waals surface area contributed by atoms with Crippen LogP contribution in [-0.4, -0.2) is 30.9 Å². The Morgan fingerprint density at radius 2 is 1.83 bits per heavy atom. The van der Waals surface area contributed by atoms with E-state index in [2.05, 4.69) is 10.6 Å². The molecule has 2 aromatic carbocycles. The van der Waals surface area contributed by atoms with Crippen molar-refractivity contribution in [3.8, 4) is 0 Å². The lowest BCUT2D eigenvalue weighted by molar-refractivity contribution is -0.148. The monoisotopic (exact) mass is 436 g/mol. The molecule has 0 aliphatic rings. The number of aryl methyl sites for hydroxylation is 1. The lowest BCUT2D eigenvalue weighted by Crippen LogP contribution is -2.32. The average Bonchev–Trinajstić information content (AvgIpc) is 2.66. The van der Waals surface area contributed by atoms with E-state index in [0.717, 1.165) is 5.56 Å². The molecule has 8 heteroatoms. The van der Waals surface area contributed by atoms with E-state index in [9.17, 15) is 14.4 Å². The number of rotatable bonds is 8. The molecule has 0 aromatic heterocycles. The molecule has 154 valence electrons. The van der Waals surface area contributed by atoms with Crippen LogP contribution in [0.3, 0.4) is 0 Å². The summed E-state index contributed by atoms with van der Waals surface area (Å²) in [5.74, 6) is -1.30. The fourth-order valence-corrected chi connectivity index (χ4v) is 3.20. The highest BCUT2D eigenvalue weighted by molar-refractivity contribution is 6.35. The van der Waals surface area contributed by atoms with Crippen molar-refractivity contribution >= 4 is 41.0 Å². The summed E-state index contributed by atoms with van der Waals surface area (Å²) >= 11 is 12.0. The van der Waals surface area contributed by atoms with Gasteiger partial charge >= 0.3 is 5.97 Å². The van der Waals surface area contributed by atoms with Gasteiger partial charge in [0.2, 0.25) is 0 Å². The largest absolute Gasteiger partial charge is 0.456 e. The van der Waals surface area contributed by atoms with Gasteiger partial charge in [0.15, 0.2) is 6.61 Å². The fourth-order valence-electron chi connectivity index (χ4n) is 2.63. The van der Waals surface area contributed by atoms with E-state index in [1.165, 1.54) is 0 Å². The third kappa shape index (κ3) is 7.07. The van der Waals surface area contributed by atoms with Crippen molar-refractivity contribution in [3.05, 3.63) is 69.2 Å². The van der Waals surface area contributed by atoms with Crippen LogP contribution in [0.5, 0.6) is 0 Å². The van der Waals surface area contributed by atoms with Gasteiger partial charge in [0, 0.05) is 22.2 Å². The smallest absolute Gasteiger partial charge is 0.308 e. The molecule has 0 spiro atoms. The number of ether oxygens (including phenoxy) is 1. The summed E-state index contributed by atoms with van der Waals surface area (Å²) in [6.07, 6.45) is -0.0382. The van der Waals surface area contributed by atoms with E-state index in [1.54, 1.807) is 37.3 Å². The summed E-state index contributed by atoms with van der Waals surface area (Å²) in [5, 5.41) is 6.29. The zero-order chi connectivity index (χ0) is 21.4. The quantitative estimate of drug-likeness (QED) is 0.615. The first-order valence-electron chi connectivity index (χ1n) is 9.01. The average molecular weight is 437 g/mol. The SMILES string of the molecule is Cc1ccccc1C(=O)NCCC(=O)OCC(=O)NC(C)c1ccc(Cl)cc1Cl. The number of amides is 2. The van der Waals surface area contributed by atoms with Crippen molar-refractivity contribution in [2.75, 3.05) is 13.2 Å². The molecule has 2 N–H and O–H groups in total. The van der Waals surface area contributed by atoms with Crippen molar-refractivity contribution < 1.29 is 19.1 Å². The van der Waals surface area contributed by atoms with Crippen molar-refractivity contribution in [1.29, 1.82) is 0 Å². The molecule has 2 rings (SSSR count). The van der Waals surface area contributed by atoms with Gasteiger partial charge in [-0.1, -0.05) is 47.5 Å². The Hall–Kier alpha value is -2.57. The highest BCUT2D eigenvalue weighted by Crippen LogP contribution is 2.25. The molecule has 29 heavy (non-hydrogen) atoms. The van der Waals surface area contributed by atoms with Crippen LogP contribution in [-0.2, 0) is 14.3 Å². The van der Waals surface area contributed by atoms with Crippen LogP contribution in [0.25, 0.3) is 0 Å². The molecular formula is C21H22Cl2N2O4. The molecule has 0 bridgehead atoms. The van der Waals surface area contributed by atoms with E-state index in [-0.39, 0.29) is 24.9 Å². The van der Waals surface area contributed by atoms with E-state index >= 15 is 0 Å². The Labute approximate surface area is 179 Å². The van der Waals surface area contributed by atoms with Crippen LogP contribution in [0.4, 0.5) is 0 Å². The Bertz CT molecular complexity index is 902. The van der Waals surface area contributed by atoms with Gasteiger partial charge in [0.25, 0.3) is 11.8 Å². The molecule has 0 aliphatic heterocycles. The third-order valence-corrected chi connectivity index (χ3v) is 4.74. The van der Waals surface area contributed by atoms with Gasteiger partial charge in [0.05, 0.1) is 12.5 Å². The molecule has 1 unspecified atom stereocenters. The summed E-state index contributed by atoms with van der Waals surface area (Å²) in [6, 6.07) is 11.8. The molecule has 0 heterocycles. The first-order chi connectivity index (χ1) is 13.8. The number of hydrogen-bond donors (Lipinski definition) is 2. The summed E-state index contributed by atoms with van der Waals surface area (Å²) in [5.41, 5.74) is 2.10. The molecule has 0 radical (unpaired) electrons. The second kappa shape index (κ2) is 10.8. The van der Waals surface area contributed by atoms with E-state index in [4.69, 9.17) is 27.9 Å². The normalized spacial score (nSPS) is 11.4. The Morgan fingerprint density at radius 3 is 2.52 bits per heavy atom. The molecular weight excluding hydrogens is 415 g/mol. The number of nitrogens with one attached hydrogen (secondary N) is 2. The van der Waals surface area contributed by atoms with Crippen molar-refractivity contribution in [2.24, 2.45) is 0 Å². The maximum atomic E-state index is 12.1. The molecule has 2 aromatic rings. The molecule has 0 saturated carbocycles. The predicted octanol–water partition coefficient (Wildman–Crippen LogP) is 3.84. The lowest BCUT2D eigenvalue weighted by atomic mass is 10.1. The van der Waals surface area contributed by atoms with Crippen molar-refractivity contribution in [2.45, 2.75) is 26.3 Å². The molecule has 0 fully saturated rings. The topological polar surface area (TPSA) is 84.5 Å². The van der Waals surface area contributed by atoms with E-state index < -0.39 is 18.5 Å². The summed E-state index contributed by atoms with van der Waals surface area (Å²) in [6.45, 7) is 3.29. The van der Waals surface area contributed by atoms with E-state index in [0.29, 0.717) is 21.2 Å². The number of carbonyl (C=O) groups is 3. The minimum Gasteiger partial charge on any atom is -0.456 e. The predicted molar refractivity (Wildman–Crippen MR) is 112 cm³/mol. The van der Waals surface area contributed by atoms with E-state index in [1.807, 2.05) is 19.1 Å². The number of halogens is 2. The number of benzene rings is 2. The van der Waals surface area contributed by atoms with Crippen LogP contribution in [0, 0.1) is 6.92 Å². The Balaban J connectivity index is 1.71. The highest BCUT2D eigenvalue weighted by atomic mass is 35.5. The lowest BCUT2D eigenvalue weighted by Gasteiger charge is -2.16. The van der Waals surface area contributed by atoms with Crippen LogP contribution in [0.2, 0.25) is 10.0 Å². The van der Waals surface area contributed by atoms with Crippen LogP contribution < -0.4 is 10.6 Å². The third-order valence-electron chi connectivity index (χ3n) is 4.18. The number of hydrogen-bond acceptors (Lipinski definition) is 4. The maximum Gasteiger partial charge on any atom is 0.308 e. The first-order valence-corrected chi connectivity index (χ1v) is 9.77. The van der Waals surface area contributed by atoms with Crippen LogP contribution in [0.1, 0.15) is 40.9 Å². The minimum absolute atomic E-state index is 0.0382. The summed E-state index contributed by atoms with van der Waals surface area (Å²) in [4.78, 5) is 35.8. The van der Waals surface area contributed by atoms with Gasteiger partial charge in [-0.2, -0.15) is 0 Å². The van der Waals surface area contributed by atoms with Crippen LogP contribution in [0.15, 0.2) is 42.5 Å². The summed E-state index contributed by atoms with van der Waals surface area (Å²) < 4.78 is 4.94.